The Labute approximate surface area is 198 Å². The van der Waals surface area contributed by atoms with Crippen molar-refractivity contribution in [2.75, 3.05) is 26.4 Å². The number of nitrogens with zero attached hydrogens (tertiary/aromatic N) is 3. The summed E-state index contributed by atoms with van der Waals surface area (Å²) in [5.74, 6) is -1.45. The van der Waals surface area contributed by atoms with Gasteiger partial charge < -0.3 is 14.8 Å². The van der Waals surface area contributed by atoms with Gasteiger partial charge >= 0.3 is 5.97 Å². The highest BCUT2D eigenvalue weighted by Gasteiger charge is 2.39. The van der Waals surface area contributed by atoms with Crippen molar-refractivity contribution in [3.63, 3.8) is 0 Å². The largest absolute Gasteiger partial charge is 0.462 e. The van der Waals surface area contributed by atoms with E-state index in [9.17, 15) is 14.0 Å². The molecule has 8 nitrogen and oxygen atoms in total. The molecule has 0 aliphatic carbocycles. The number of hydrogen-bond acceptors (Lipinski definition) is 6. The molecule has 1 amide bonds. The molecule has 4 rings (SSSR count). The number of nitriles is 1. The predicted molar refractivity (Wildman–Crippen MR) is 121 cm³/mol. The van der Waals surface area contributed by atoms with Crippen LogP contribution in [-0.4, -0.2) is 48.0 Å². The van der Waals surface area contributed by atoms with E-state index in [0.717, 1.165) is 36.7 Å². The Balaban J connectivity index is 1.49. The van der Waals surface area contributed by atoms with Crippen LogP contribution < -0.4 is 5.32 Å². The van der Waals surface area contributed by atoms with Crippen LogP contribution in [0, 0.1) is 28.5 Å². The molecule has 1 atom stereocenters. The quantitative estimate of drug-likeness (QED) is 0.654. The molecule has 1 aromatic heterocycles. The molecular weight excluding hydrogens is 439 g/mol. The van der Waals surface area contributed by atoms with Crippen LogP contribution in [0.3, 0.4) is 0 Å². The van der Waals surface area contributed by atoms with Gasteiger partial charge in [0, 0.05) is 32.2 Å². The van der Waals surface area contributed by atoms with Gasteiger partial charge in [0.25, 0.3) is 5.91 Å². The van der Waals surface area contributed by atoms with Crippen LogP contribution in [0.25, 0.3) is 0 Å². The number of benzene rings is 1. The molecule has 2 aliphatic rings. The summed E-state index contributed by atoms with van der Waals surface area (Å²) in [6, 6.07) is 5.30. The Morgan fingerprint density at radius 2 is 2.18 bits per heavy atom. The number of nitrogens with one attached hydrogen (secondary N) is 1. The second-order valence-electron chi connectivity index (χ2n) is 9.29. The number of rotatable bonds is 6. The van der Waals surface area contributed by atoms with E-state index in [1.165, 1.54) is 12.1 Å². The predicted octanol–water partition coefficient (Wildman–Crippen LogP) is 3.03. The summed E-state index contributed by atoms with van der Waals surface area (Å²) in [4.78, 5) is 25.4. The zero-order valence-corrected chi connectivity index (χ0v) is 19.5. The van der Waals surface area contributed by atoms with Crippen LogP contribution in [0.2, 0.25) is 0 Å². The van der Waals surface area contributed by atoms with Gasteiger partial charge in [0.05, 0.1) is 34.7 Å². The lowest BCUT2D eigenvalue weighted by Gasteiger charge is -2.36. The molecule has 0 unspecified atom stereocenters. The highest BCUT2D eigenvalue weighted by atomic mass is 19.1. The highest BCUT2D eigenvalue weighted by Crippen LogP contribution is 2.37. The molecule has 0 saturated carbocycles. The van der Waals surface area contributed by atoms with E-state index >= 15 is 0 Å². The van der Waals surface area contributed by atoms with Crippen molar-refractivity contribution in [2.45, 2.75) is 46.1 Å². The van der Waals surface area contributed by atoms with Gasteiger partial charge in [-0.05, 0) is 49.3 Å². The molecule has 0 bridgehead atoms. The number of aryl methyl sites for hydroxylation is 1. The maximum atomic E-state index is 13.5. The summed E-state index contributed by atoms with van der Waals surface area (Å²) < 4.78 is 26.4. The van der Waals surface area contributed by atoms with E-state index in [1.54, 1.807) is 6.07 Å². The minimum Gasteiger partial charge on any atom is -0.462 e. The van der Waals surface area contributed by atoms with Crippen molar-refractivity contribution in [3.05, 3.63) is 52.1 Å². The summed E-state index contributed by atoms with van der Waals surface area (Å²) in [6.07, 6.45) is 3.16. The fourth-order valence-corrected chi connectivity index (χ4v) is 4.71. The first-order valence-electron chi connectivity index (χ1n) is 11.7. The van der Waals surface area contributed by atoms with E-state index in [1.807, 2.05) is 18.5 Å². The van der Waals surface area contributed by atoms with Gasteiger partial charge in [-0.1, -0.05) is 13.8 Å². The third-order valence-electron chi connectivity index (χ3n) is 6.72. The third-order valence-corrected chi connectivity index (χ3v) is 6.72. The zero-order valence-electron chi connectivity index (χ0n) is 19.5. The molecule has 1 spiro atoms. The molecular formula is C25H29FN4O4. The van der Waals surface area contributed by atoms with E-state index < -0.39 is 11.8 Å². The van der Waals surface area contributed by atoms with Crippen molar-refractivity contribution in [1.29, 1.82) is 5.26 Å². The molecule has 180 valence electrons. The smallest absolute Gasteiger partial charge is 0.338 e. The van der Waals surface area contributed by atoms with Crippen LogP contribution in [-0.2, 0) is 28.9 Å². The number of esters is 1. The first-order chi connectivity index (χ1) is 16.4. The van der Waals surface area contributed by atoms with E-state index in [0.29, 0.717) is 38.3 Å². The Hall–Kier alpha value is -3.25. The number of fused-ring (bicyclic) bond motifs is 1. The van der Waals surface area contributed by atoms with Crippen molar-refractivity contribution >= 4 is 11.9 Å². The highest BCUT2D eigenvalue weighted by molar-refractivity contribution is 5.97. The van der Waals surface area contributed by atoms with Crippen molar-refractivity contribution < 1.29 is 23.5 Å². The van der Waals surface area contributed by atoms with Gasteiger partial charge in [0.2, 0.25) is 0 Å². The minimum absolute atomic E-state index is 0.0430. The van der Waals surface area contributed by atoms with Crippen LogP contribution in [0.15, 0.2) is 18.2 Å². The molecule has 1 N–H and O–H groups in total. The molecule has 2 aromatic rings. The Bertz CT molecular complexity index is 1130. The van der Waals surface area contributed by atoms with Crippen molar-refractivity contribution in [2.24, 2.45) is 11.3 Å². The molecule has 1 aromatic carbocycles. The summed E-state index contributed by atoms with van der Waals surface area (Å²) in [7, 11) is 0. The average molecular weight is 469 g/mol. The van der Waals surface area contributed by atoms with Crippen LogP contribution in [0.5, 0.6) is 0 Å². The molecule has 34 heavy (non-hydrogen) atoms. The van der Waals surface area contributed by atoms with Gasteiger partial charge in [-0.2, -0.15) is 10.4 Å². The maximum Gasteiger partial charge on any atom is 0.338 e. The summed E-state index contributed by atoms with van der Waals surface area (Å²) in [5.41, 5.74) is 2.27. The fraction of sp³-hybridized carbons (Fsp3) is 0.520. The van der Waals surface area contributed by atoms with E-state index in [4.69, 9.17) is 19.8 Å². The Kier molecular flexibility index (Phi) is 6.98. The lowest BCUT2D eigenvalue weighted by molar-refractivity contribution is 0.0151. The second-order valence-corrected chi connectivity index (χ2v) is 9.29. The Morgan fingerprint density at radius 1 is 1.41 bits per heavy atom. The topological polar surface area (TPSA) is 106 Å². The summed E-state index contributed by atoms with van der Waals surface area (Å²) in [5, 5.41) is 16.8. The SMILES string of the molecule is CCc1nn(C[C@@H](C)COC(=O)c2ccc(F)c(C#N)c2)c2c1C(=O)NCC1(CCOCC1)C2. The lowest BCUT2D eigenvalue weighted by atomic mass is 9.76. The van der Waals surface area contributed by atoms with Gasteiger partial charge in [-0.15, -0.1) is 0 Å². The normalized spacial score (nSPS) is 17.9. The molecule has 0 radical (unpaired) electrons. The first-order valence-corrected chi connectivity index (χ1v) is 11.7. The van der Waals surface area contributed by atoms with E-state index in [2.05, 4.69) is 5.32 Å². The summed E-state index contributed by atoms with van der Waals surface area (Å²) >= 11 is 0. The number of aromatic nitrogens is 2. The number of halogens is 1. The molecule has 1 fully saturated rings. The van der Waals surface area contributed by atoms with Gasteiger partial charge in [-0.25, -0.2) is 9.18 Å². The number of ether oxygens (including phenoxy) is 2. The number of amides is 1. The number of carbonyl (C=O) groups is 2. The third kappa shape index (κ3) is 4.82. The van der Waals surface area contributed by atoms with Crippen LogP contribution in [0.1, 0.15) is 64.4 Å². The minimum atomic E-state index is -0.676. The van der Waals surface area contributed by atoms with Crippen molar-refractivity contribution in [3.8, 4) is 6.07 Å². The van der Waals surface area contributed by atoms with Crippen molar-refractivity contribution in [1.82, 2.24) is 15.1 Å². The standard InChI is InChI=1S/C25H29FN4O4/c1-3-20-22-21(11-25(15-28-23(22)31)6-8-33-9-7-25)30(29-20)13-16(2)14-34-24(32)17-4-5-19(26)18(10-17)12-27/h4-5,10,16H,3,6-9,11,13-15H2,1-2H3,(H,28,31)/t16-/m1/s1. The average Bonchev–Trinajstić information content (AvgIpc) is 3.11. The molecule has 3 heterocycles. The number of hydrogen-bond donors (Lipinski definition) is 1. The fourth-order valence-electron chi connectivity index (χ4n) is 4.71. The van der Waals surface area contributed by atoms with Gasteiger partial charge in [-0.3, -0.25) is 9.48 Å². The van der Waals surface area contributed by atoms with E-state index in [-0.39, 0.29) is 35.0 Å². The summed E-state index contributed by atoms with van der Waals surface area (Å²) in [6.45, 7) is 6.54. The molecule has 9 heteroatoms. The maximum absolute atomic E-state index is 13.5. The Morgan fingerprint density at radius 3 is 2.88 bits per heavy atom. The molecule has 1 saturated heterocycles. The zero-order chi connectivity index (χ0) is 24.3. The second kappa shape index (κ2) is 9.94. The monoisotopic (exact) mass is 468 g/mol. The number of carbonyl (C=O) groups excluding carboxylic acids is 2. The van der Waals surface area contributed by atoms with Crippen LogP contribution in [0.4, 0.5) is 4.39 Å². The van der Waals surface area contributed by atoms with Crippen LogP contribution >= 0.6 is 0 Å². The first kappa shape index (κ1) is 23.9. The lowest BCUT2D eigenvalue weighted by Crippen LogP contribution is -2.41. The van der Waals surface area contributed by atoms with Gasteiger partial charge in [0.15, 0.2) is 0 Å². The molecule has 2 aliphatic heterocycles. The van der Waals surface area contributed by atoms with Gasteiger partial charge in [0.1, 0.15) is 11.9 Å².